The molecule has 1 aliphatic heterocycles. The minimum absolute atomic E-state index is 0.284. The van der Waals surface area contributed by atoms with E-state index in [4.69, 9.17) is 11.6 Å². The molecule has 0 fully saturated rings. The number of pyridine rings is 1. The molecule has 4 rings (SSSR count). The number of hydrogen-bond acceptors (Lipinski definition) is 3. The highest BCUT2D eigenvalue weighted by Gasteiger charge is 2.29. The lowest BCUT2D eigenvalue weighted by Gasteiger charge is -2.23. The van der Waals surface area contributed by atoms with Crippen molar-refractivity contribution in [2.45, 2.75) is 11.8 Å². The van der Waals surface area contributed by atoms with Gasteiger partial charge in [-0.25, -0.2) is 13.4 Å². The molecule has 0 atom stereocenters. The zero-order valence-electron chi connectivity index (χ0n) is 11.6. The molecular weight excluding hydrogens is 320 g/mol. The van der Waals surface area contributed by atoms with Gasteiger partial charge in [-0.2, -0.15) is 0 Å². The largest absolute Gasteiger partial charge is 0.277 e. The molecule has 2 heterocycles. The minimum Gasteiger partial charge on any atom is -0.277 e. The van der Waals surface area contributed by atoms with E-state index >= 15 is 0 Å². The van der Waals surface area contributed by atoms with E-state index in [-0.39, 0.29) is 4.90 Å². The predicted molar refractivity (Wildman–Crippen MR) is 87.7 cm³/mol. The number of hydrogen-bond donors (Lipinski definition) is 1. The highest BCUT2D eigenvalue weighted by Crippen LogP contribution is 2.42. The molecule has 2 aromatic carbocycles. The molecule has 22 heavy (non-hydrogen) atoms. The predicted octanol–water partition coefficient (Wildman–Crippen LogP) is 3.98. The average molecular weight is 331 g/mol. The van der Waals surface area contributed by atoms with Crippen molar-refractivity contribution < 1.29 is 8.42 Å². The van der Waals surface area contributed by atoms with Crippen LogP contribution in [0.15, 0.2) is 47.4 Å². The highest BCUT2D eigenvalue weighted by atomic mass is 35.5. The molecule has 0 unspecified atom stereocenters. The summed E-state index contributed by atoms with van der Waals surface area (Å²) in [7, 11) is -3.61. The lowest BCUT2D eigenvalue weighted by atomic mass is 9.99. The Hall–Kier alpha value is -2.11. The van der Waals surface area contributed by atoms with Crippen molar-refractivity contribution in [3.8, 4) is 11.1 Å². The van der Waals surface area contributed by atoms with Gasteiger partial charge in [0, 0.05) is 16.5 Å². The van der Waals surface area contributed by atoms with Crippen molar-refractivity contribution in [3.63, 3.8) is 0 Å². The first-order valence-electron chi connectivity index (χ1n) is 6.69. The lowest BCUT2D eigenvalue weighted by molar-refractivity contribution is 0.601. The standard InChI is InChI=1S/C16H11ClN2O2S/c1-9-2-6-13-12(8-9)11-5-3-10-4-7-14(17)18-15(10)16(11)19-22(13,20)21/h2-8,19H,1H3. The molecule has 1 N–H and O–H groups in total. The molecule has 1 aliphatic rings. The van der Waals surface area contributed by atoms with Crippen molar-refractivity contribution in [1.82, 2.24) is 4.98 Å². The van der Waals surface area contributed by atoms with E-state index in [0.717, 1.165) is 16.5 Å². The van der Waals surface area contributed by atoms with Crippen molar-refractivity contribution in [1.29, 1.82) is 0 Å². The van der Waals surface area contributed by atoms with Crippen LogP contribution in [0.25, 0.3) is 22.0 Å². The van der Waals surface area contributed by atoms with E-state index in [1.165, 1.54) is 0 Å². The van der Waals surface area contributed by atoms with E-state index in [0.29, 0.717) is 21.9 Å². The molecule has 0 aliphatic carbocycles. The third-order valence-corrected chi connectivity index (χ3v) is 5.40. The van der Waals surface area contributed by atoms with E-state index in [2.05, 4.69) is 9.71 Å². The van der Waals surface area contributed by atoms with Crippen molar-refractivity contribution in [2.75, 3.05) is 4.72 Å². The summed E-state index contributed by atoms with van der Waals surface area (Å²) in [6.07, 6.45) is 0. The van der Waals surface area contributed by atoms with Crippen LogP contribution in [0.2, 0.25) is 5.15 Å². The molecule has 0 radical (unpaired) electrons. The first kappa shape index (κ1) is 13.5. The lowest BCUT2D eigenvalue weighted by Crippen LogP contribution is -2.19. The van der Waals surface area contributed by atoms with Crippen LogP contribution in [-0.2, 0) is 10.0 Å². The third-order valence-electron chi connectivity index (χ3n) is 3.78. The highest BCUT2D eigenvalue weighted by molar-refractivity contribution is 7.93. The van der Waals surface area contributed by atoms with Gasteiger partial charge in [-0.05, 0) is 31.2 Å². The second kappa shape index (κ2) is 4.44. The van der Waals surface area contributed by atoms with Crippen LogP contribution in [0, 0.1) is 6.92 Å². The summed E-state index contributed by atoms with van der Waals surface area (Å²) in [6.45, 7) is 1.94. The Bertz CT molecular complexity index is 1050. The molecule has 110 valence electrons. The summed E-state index contributed by atoms with van der Waals surface area (Å²) >= 11 is 5.97. The number of benzene rings is 2. The Morgan fingerprint density at radius 2 is 1.82 bits per heavy atom. The number of fused-ring (bicyclic) bond motifs is 5. The quantitative estimate of drug-likeness (QED) is 0.634. The number of aromatic nitrogens is 1. The molecule has 0 saturated heterocycles. The smallest absolute Gasteiger partial charge is 0.262 e. The number of anilines is 1. The molecule has 0 saturated carbocycles. The zero-order valence-corrected chi connectivity index (χ0v) is 13.2. The van der Waals surface area contributed by atoms with Gasteiger partial charge >= 0.3 is 0 Å². The number of halogens is 1. The van der Waals surface area contributed by atoms with Crippen LogP contribution in [-0.4, -0.2) is 13.4 Å². The van der Waals surface area contributed by atoms with Crippen LogP contribution in [0.1, 0.15) is 5.56 Å². The summed E-state index contributed by atoms with van der Waals surface area (Å²) < 4.78 is 27.6. The summed E-state index contributed by atoms with van der Waals surface area (Å²) in [5, 5.41) is 1.16. The van der Waals surface area contributed by atoms with Crippen molar-refractivity contribution >= 4 is 38.2 Å². The molecule has 3 aromatic rings. The molecule has 4 nitrogen and oxygen atoms in total. The second-order valence-corrected chi connectivity index (χ2v) is 7.34. The Labute approximate surface area is 132 Å². The molecular formula is C16H11ClN2O2S. The molecule has 6 heteroatoms. The maximum absolute atomic E-state index is 12.5. The number of nitrogens with one attached hydrogen (secondary N) is 1. The number of sulfonamides is 1. The summed E-state index contributed by atoms with van der Waals surface area (Å²) in [6, 6.07) is 12.6. The van der Waals surface area contributed by atoms with Gasteiger partial charge in [-0.15, -0.1) is 0 Å². The van der Waals surface area contributed by atoms with E-state index in [1.54, 1.807) is 18.2 Å². The van der Waals surface area contributed by atoms with Crippen LogP contribution in [0.4, 0.5) is 5.69 Å². The first-order chi connectivity index (χ1) is 10.5. The Balaban J connectivity index is 2.16. The Morgan fingerprint density at radius 1 is 1.05 bits per heavy atom. The van der Waals surface area contributed by atoms with E-state index in [1.807, 2.05) is 31.2 Å². The monoisotopic (exact) mass is 330 g/mol. The SMILES string of the molecule is Cc1ccc2c(c1)-c1ccc3ccc(Cl)nc3c1NS2(=O)=O. The van der Waals surface area contributed by atoms with Crippen LogP contribution >= 0.6 is 11.6 Å². The maximum Gasteiger partial charge on any atom is 0.262 e. The van der Waals surface area contributed by atoms with Gasteiger partial charge in [-0.3, -0.25) is 4.72 Å². The van der Waals surface area contributed by atoms with Gasteiger partial charge in [0.05, 0.1) is 16.1 Å². The van der Waals surface area contributed by atoms with Gasteiger partial charge < -0.3 is 0 Å². The van der Waals surface area contributed by atoms with Crippen molar-refractivity contribution in [3.05, 3.63) is 53.2 Å². The Morgan fingerprint density at radius 3 is 2.64 bits per heavy atom. The molecule has 0 amide bonds. The molecule has 1 aromatic heterocycles. The first-order valence-corrected chi connectivity index (χ1v) is 8.55. The van der Waals surface area contributed by atoms with Crippen LogP contribution in [0.3, 0.4) is 0 Å². The van der Waals surface area contributed by atoms with Gasteiger partial charge in [0.2, 0.25) is 0 Å². The number of nitrogens with zero attached hydrogens (tertiary/aromatic N) is 1. The number of aryl methyl sites for hydroxylation is 1. The maximum atomic E-state index is 12.5. The third kappa shape index (κ3) is 1.90. The topological polar surface area (TPSA) is 59.1 Å². The number of rotatable bonds is 0. The fraction of sp³-hybridized carbons (Fsp3) is 0.0625. The van der Waals surface area contributed by atoms with E-state index < -0.39 is 10.0 Å². The summed E-state index contributed by atoms with van der Waals surface area (Å²) in [5.41, 5.74) is 3.55. The van der Waals surface area contributed by atoms with Gasteiger partial charge in [0.1, 0.15) is 5.15 Å². The van der Waals surface area contributed by atoms with Crippen LogP contribution in [0.5, 0.6) is 0 Å². The summed E-state index contributed by atoms with van der Waals surface area (Å²) in [4.78, 5) is 4.57. The van der Waals surface area contributed by atoms with Crippen LogP contribution < -0.4 is 4.72 Å². The second-order valence-electron chi connectivity index (χ2n) is 5.30. The molecule has 0 bridgehead atoms. The zero-order chi connectivity index (χ0) is 15.5. The van der Waals surface area contributed by atoms with E-state index in [9.17, 15) is 8.42 Å². The van der Waals surface area contributed by atoms with Gasteiger partial charge in [0.25, 0.3) is 10.0 Å². The fourth-order valence-electron chi connectivity index (χ4n) is 2.77. The molecule has 0 spiro atoms. The normalized spacial score (nSPS) is 15.0. The Kier molecular flexibility index (Phi) is 2.74. The van der Waals surface area contributed by atoms with Crippen molar-refractivity contribution in [2.24, 2.45) is 0 Å². The fourth-order valence-corrected chi connectivity index (χ4v) is 4.21. The average Bonchev–Trinajstić information content (AvgIpc) is 2.46. The van der Waals surface area contributed by atoms with Gasteiger partial charge in [-0.1, -0.05) is 35.4 Å². The minimum atomic E-state index is -3.61. The summed E-state index contributed by atoms with van der Waals surface area (Å²) in [5.74, 6) is 0. The van der Waals surface area contributed by atoms with Gasteiger partial charge in [0.15, 0.2) is 0 Å².